The minimum atomic E-state index is -0.476. The highest BCUT2D eigenvalue weighted by molar-refractivity contribution is 5.88. The van der Waals surface area contributed by atoms with Crippen molar-refractivity contribution in [3.05, 3.63) is 23.5 Å². The number of anilines is 1. The third-order valence-corrected chi connectivity index (χ3v) is 1.75. The number of methoxy groups -OCH3 is 1. The Morgan fingerprint density at radius 2 is 1.72 bits per heavy atom. The standard InChI is InChI=1S/C10H12FNO2.2C2H6/c1-6-4-8(12-7(2)13)5-9(11)10(6)14-3;2*1-2/h4-5H,1-3H3,(H,12,13);2*1-2H3. The van der Waals surface area contributed by atoms with Crippen LogP contribution in [0.3, 0.4) is 0 Å². The van der Waals surface area contributed by atoms with Gasteiger partial charge in [-0.1, -0.05) is 27.7 Å². The molecule has 0 unspecified atom stereocenters. The summed E-state index contributed by atoms with van der Waals surface area (Å²) in [5.74, 6) is -0.496. The maximum atomic E-state index is 13.3. The number of rotatable bonds is 2. The fourth-order valence-corrected chi connectivity index (χ4v) is 1.26. The van der Waals surface area contributed by atoms with E-state index in [1.807, 2.05) is 27.7 Å². The van der Waals surface area contributed by atoms with Gasteiger partial charge in [0.05, 0.1) is 7.11 Å². The first-order chi connectivity index (χ1) is 8.54. The molecule has 0 spiro atoms. The van der Waals surface area contributed by atoms with Gasteiger partial charge in [0.1, 0.15) is 0 Å². The molecule has 0 aliphatic heterocycles. The van der Waals surface area contributed by atoms with Crippen molar-refractivity contribution >= 4 is 11.6 Å². The van der Waals surface area contributed by atoms with Gasteiger partial charge in [-0.25, -0.2) is 4.39 Å². The van der Waals surface area contributed by atoms with Crippen LogP contribution in [-0.4, -0.2) is 13.0 Å². The molecule has 0 aliphatic rings. The molecule has 0 heterocycles. The molecular formula is C14H24FNO2. The van der Waals surface area contributed by atoms with E-state index in [1.165, 1.54) is 20.1 Å². The van der Waals surface area contributed by atoms with E-state index in [1.54, 1.807) is 13.0 Å². The zero-order valence-electron chi connectivity index (χ0n) is 12.3. The van der Waals surface area contributed by atoms with Gasteiger partial charge in [0.15, 0.2) is 11.6 Å². The number of aryl methyl sites for hydroxylation is 1. The molecule has 0 saturated heterocycles. The summed E-state index contributed by atoms with van der Waals surface area (Å²) in [5.41, 5.74) is 1.09. The first kappa shape index (κ1) is 18.8. The molecule has 4 heteroatoms. The maximum absolute atomic E-state index is 13.3. The first-order valence-electron chi connectivity index (χ1n) is 6.16. The van der Waals surface area contributed by atoms with Gasteiger partial charge in [-0.15, -0.1) is 0 Å². The van der Waals surface area contributed by atoms with Crippen LogP contribution in [0, 0.1) is 12.7 Å². The predicted molar refractivity (Wildman–Crippen MR) is 74.7 cm³/mol. The summed E-state index contributed by atoms with van der Waals surface area (Å²) in [7, 11) is 1.41. The van der Waals surface area contributed by atoms with Crippen LogP contribution in [0.25, 0.3) is 0 Å². The average molecular weight is 257 g/mol. The third-order valence-electron chi connectivity index (χ3n) is 1.75. The summed E-state index contributed by atoms with van der Waals surface area (Å²) in [6, 6.07) is 2.89. The molecule has 1 aromatic carbocycles. The molecule has 0 bridgehead atoms. The number of amides is 1. The van der Waals surface area contributed by atoms with Crippen LogP contribution >= 0.6 is 0 Å². The minimum Gasteiger partial charge on any atom is -0.493 e. The van der Waals surface area contributed by atoms with E-state index in [2.05, 4.69) is 5.32 Å². The third kappa shape index (κ3) is 6.23. The number of hydrogen-bond acceptors (Lipinski definition) is 2. The first-order valence-corrected chi connectivity index (χ1v) is 6.16. The van der Waals surface area contributed by atoms with Crippen molar-refractivity contribution in [2.45, 2.75) is 41.5 Å². The Morgan fingerprint density at radius 3 is 2.06 bits per heavy atom. The summed E-state index contributed by atoms with van der Waals surface area (Å²) < 4.78 is 18.1. The van der Waals surface area contributed by atoms with Crippen molar-refractivity contribution in [3.8, 4) is 5.75 Å². The second-order valence-electron chi connectivity index (χ2n) is 2.99. The Morgan fingerprint density at radius 1 is 1.22 bits per heavy atom. The van der Waals surface area contributed by atoms with Crippen molar-refractivity contribution in [2.24, 2.45) is 0 Å². The zero-order chi connectivity index (χ0) is 14.7. The smallest absolute Gasteiger partial charge is 0.221 e. The molecule has 3 nitrogen and oxygen atoms in total. The summed E-state index contributed by atoms with van der Waals surface area (Å²) in [5, 5.41) is 2.50. The number of carbonyl (C=O) groups is 1. The van der Waals surface area contributed by atoms with Crippen molar-refractivity contribution in [3.63, 3.8) is 0 Å². The highest BCUT2D eigenvalue weighted by atomic mass is 19.1. The van der Waals surface area contributed by atoms with E-state index in [0.717, 1.165) is 0 Å². The van der Waals surface area contributed by atoms with Gasteiger partial charge in [0.2, 0.25) is 5.91 Å². The van der Waals surface area contributed by atoms with Gasteiger partial charge in [0.25, 0.3) is 0 Å². The number of ether oxygens (including phenoxy) is 1. The van der Waals surface area contributed by atoms with E-state index < -0.39 is 5.82 Å². The predicted octanol–water partition coefficient (Wildman–Crippen LogP) is 4.15. The SMILES string of the molecule is CC.CC.COc1c(C)cc(NC(C)=O)cc1F. The average Bonchev–Trinajstić information content (AvgIpc) is 2.33. The molecule has 0 aliphatic carbocycles. The van der Waals surface area contributed by atoms with E-state index in [-0.39, 0.29) is 11.7 Å². The normalized spacial score (nSPS) is 8.22. The van der Waals surface area contributed by atoms with Gasteiger partial charge >= 0.3 is 0 Å². The summed E-state index contributed by atoms with van der Waals surface area (Å²) in [4.78, 5) is 10.7. The van der Waals surface area contributed by atoms with Crippen molar-refractivity contribution in [2.75, 3.05) is 12.4 Å². The van der Waals surface area contributed by atoms with Crippen LogP contribution in [0.4, 0.5) is 10.1 Å². The van der Waals surface area contributed by atoms with Crippen LogP contribution in [-0.2, 0) is 4.79 Å². The summed E-state index contributed by atoms with van der Waals surface area (Å²) in [6.07, 6.45) is 0. The second kappa shape index (κ2) is 10.6. The van der Waals surface area contributed by atoms with Crippen LogP contribution in [0.5, 0.6) is 5.75 Å². The van der Waals surface area contributed by atoms with Crippen LogP contribution < -0.4 is 10.1 Å². The molecular weight excluding hydrogens is 233 g/mol. The Labute approximate surface area is 109 Å². The molecule has 18 heavy (non-hydrogen) atoms. The maximum Gasteiger partial charge on any atom is 0.221 e. The largest absolute Gasteiger partial charge is 0.493 e. The van der Waals surface area contributed by atoms with Crippen LogP contribution in [0.1, 0.15) is 40.2 Å². The molecule has 104 valence electrons. The molecule has 1 aromatic rings. The molecule has 0 radical (unpaired) electrons. The van der Waals surface area contributed by atoms with Crippen molar-refractivity contribution < 1.29 is 13.9 Å². The van der Waals surface area contributed by atoms with Crippen molar-refractivity contribution in [1.82, 2.24) is 0 Å². The Hall–Kier alpha value is -1.58. The zero-order valence-corrected chi connectivity index (χ0v) is 12.3. The lowest BCUT2D eigenvalue weighted by Crippen LogP contribution is -2.06. The lowest BCUT2D eigenvalue weighted by molar-refractivity contribution is -0.114. The molecule has 1 rings (SSSR count). The fraction of sp³-hybridized carbons (Fsp3) is 0.500. The summed E-state index contributed by atoms with van der Waals surface area (Å²) >= 11 is 0. The van der Waals surface area contributed by atoms with Gasteiger partial charge in [0, 0.05) is 18.7 Å². The number of halogens is 1. The number of benzene rings is 1. The van der Waals surface area contributed by atoms with Gasteiger partial charge in [-0.2, -0.15) is 0 Å². The summed E-state index contributed by atoms with van der Waals surface area (Å²) in [6.45, 7) is 11.1. The quantitative estimate of drug-likeness (QED) is 0.864. The van der Waals surface area contributed by atoms with Gasteiger partial charge in [-0.3, -0.25) is 4.79 Å². The topological polar surface area (TPSA) is 38.3 Å². The minimum absolute atomic E-state index is 0.208. The lowest BCUT2D eigenvalue weighted by Gasteiger charge is -2.08. The van der Waals surface area contributed by atoms with Gasteiger partial charge in [-0.05, 0) is 18.6 Å². The second-order valence-corrected chi connectivity index (χ2v) is 2.99. The molecule has 1 N–H and O–H groups in total. The highest BCUT2D eigenvalue weighted by Crippen LogP contribution is 2.25. The molecule has 0 aromatic heterocycles. The Bertz CT molecular complexity index is 342. The fourth-order valence-electron chi connectivity index (χ4n) is 1.26. The lowest BCUT2D eigenvalue weighted by atomic mass is 10.2. The van der Waals surface area contributed by atoms with E-state index in [4.69, 9.17) is 4.74 Å². The van der Waals surface area contributed by atoms with Crippen molar-refractivity contribution in [1.29, 1.82) is 0 Å². The monoisotopic (exact) mass is 257 g/mol. The Balaban J connectivity index is 0. The molecule has 0 saturated carbocycles. The highest BCUT2D eigenvalue weighted by Gasteiger charge is 2.08. The Kier molecular flexibility index (Phi) is 11.0. The molecule has 1 amide bonds. The van der Waals surface area contributed by atoms with E-state index >= 15 is 0 Å². The van der Waals surface area contributed by atoms with E-state index in [0.29, 0.717) is 11.3 Å². The van der Waals surface area contributed by atoms with Crippen LogP contribution in [0.2, 0.25) is 0 Å². The number of carbonyl (C=O) groups excluding carboxylic acids is 1. The van der Waals surface area contributed by atoms with Gasteiger partial charge < -0.3 is 10.1 Å². The number of hydrogen-bond donors (Lipinski definition) is 1. The van der Waals surface area contributed by atoms with Crippen LogP contribution in [0.15, 0.2) is 12.1 Å². The van der Waals surface area contributed by atoms with E-state index in [9.17, 15) is 9.18 Å². The molecule has 0 atom stereocenters. The number of nitrogens with one attached hydrogen (secondary N) is 1. The molecule has 0 fully saturated rings.